The molecule has 5 rings (SSSR count). The number of hydrogen-bond donors (Lipinski definition) is 1. The number of amides is 2. The molecule has 0 bridgehead atoms. The number of rotatable bonds is 3. The maximum atomic E-state index is 13.8. The number of nitrogens with zero attached hydrogens (tertiary/aromatic N) is 3. The Balaban J connectivity index is 1.56. The molecule has 9 heteroatoms. The monoisotopic (exact) mass is 498 g/mol. The van der Waals surface area contributed by atoms with Crippen molar-refractivity contribution in [3.8, 4) is 5.00 Å². The van der Waals surface area contributed by atoms with Crippen LogP contribution in [0.25, 0.3) is 5.00 Å². The Morgan fingerprint density at radius 3 is 2.82 bits per heavy atom. The van der Waals surface area contributed by atoms with Gasteiger partial charge in [0.25, 0.3) is 0 Å². The summed E-state index contributed by atoms with van der Waals surface area (Å²) in [6, 6.07) is 8.51. The van der Waals surface area contributed by atoms with Gasteiger partial charge in [-0.3, -0.25) is 0 Å². The number of halogens is 1. The number of carbonyl (C=O) groups is 2. The van der Waals surface area contributed by atoms with E-state index in [9.17, 15) is 9.59 Å². The largest absolute Gasteiger partial charge is 0.465 e. The van der Waals surface area contributed by atoms with Crippen LogP contribution in [0.5, 0.6) is 0 Å². The van der Waals surface area contributed by atoms with Crippen LogP contribution in [-0.2, 0) is 24.2 Å². The molecule has 0 saturated heterocycles. The molecule has 2 aliphatic rings. The summed E-state index contributed by atoms with van der Waals surface area (Å²) in [5, 5.41) is 4.58. The number of aromatic nitrogens is 1. The summed E-state index contributed by atoms with van der Waals surface area (Å²) >= 11 is 8.02. The van der Waals surface area contributed by atoms with E-state index in [1.54, 1.807) is 18.2 Å². The van der Waals surface area contributed by atoms with Crippen LogP contribution in [0.4, 0.5) is 10.5 Å². The number of anilines is 1. The molecule has 7 nitrogen and oxygen atoms in total. The summed E-state index contributed by atoms with van der Waals surface area (Å²) in [6.45, 7) is 4.53. The predicted octanol–water partition coefficient (Wildman–Crippen LogP) is 5.47. The molecule has 34 heavy (non-hydrogen) atoms. The lowest BCUT2D eigenvalue weighted by Crippen LogP contribution is -2.38. The molecule has 1 atom stereocenters. The highest BCUT2D eigenvalue weighted by Crippen LogP contribution is 2.42. The van der Waals surface area contributed by atoms with Crippen molar-refractivity contribution in [3.63, 3.8) is 0 Å². The highest BCUT2D eigenvalue weighted by atomic mass is 35.5. The van der Waals surface area contributed by atoms with Gasteiger partial charge < -0.3 is 24.4 Å². The Hall–Kier alpha value is -2.81. The Bertz CT molecular complexity index is 1270. The van der Waals surface area contributed by atoms with Gasteiger partial charge in [-0.25, -0.2) is 9.59 Å². The van der Waals surface area contributed by atoms with Crippen LogP contribution in [0.2, 0.25) is 5.02 Å². The van der Waals surface area contributed by atoms with Crippen LogP contribution >= 0.6 is 22.9 Å². The number of methoxy groups -OCH3 is 1. The molecule has 2 aliphatic heterocycles. The van der Waals surface area contributed by atoms with Crippen molar-refractivity contribution in [2.24, 2.45) is 0 Å². The predicted molar refractivity (Wildman–Crippen MR) is 134 cm³/mol. The topological polar surface area (TPSA) is 66.8 Å². The van der Waals surface area contributed by atoms with Crippen molar-refractivity contribution in [1.29, 1.82) is 0 Å². The van der Waals surface area contributed by atoms with Gasteiger partial charge in [-0.15, -0.1) is 11.3 Å². The molecule has 3 aromatic rings. The molecule has 1 N–H and O–H groups in total. The standard InChI is InChI=1S/C25H27ClN4O3S/c1-4-20-21-6-5-10-29(21)23-18(16-9-11-28(2)14-22(16)34-23)13-30(20)25(32)27-19-12-15(26)7-8-17(19)24(31)33-3/h5-8,10,12,20H,4,9,11,13-14H2,1-3H3,(H,27,32)/t20-/m0/s1. The maximum absolute atomic E-state index is 13.8. The molecule has 0 aliphatic carbocycles. The van der Waals surface area contributed by atoms with Gasteiger partial charge >= 0.3 is 12.0 Å². The van der Waals surface area contributed by atoms with E-state index in [1.165, 1.54) is 28.1 Å². The number of fused-ring (bicyclic) bond motifs is 5. The summed E-state index contributed by atoms with van der Waals surface area (Å²) < 4.78 is 7.15. The second kappa shape index (κ2) is 9.09. The van der Waals surface area contributed by atoms with Crippen LogP contribution in [0.15, 0.2) is 36.5 Å². The number of urea groups is 1. The van der Waals surface area contributed by atoms with E-state index in [4.69, 9.17) is 16.3 Å². The van der Waals surface area contributed by atoms with E-state index in [1.807, 2.05) is 22.3 Å². The van der Waals surface area contributed by atoms with Crippen molar-refractivity contribution >= 4 is 40.6 Å². The minimum atomic E-state index is -0.526. The van der Waals surface area contributed by atoms with Crippen LogP contribution in [0, 0.1) is 0 Å². The number of benzene rings is 1. The molecule has 0 unspecified atom stereocenters. The van der Waals surface area contributed by atoms with Crippen LogP contribution in [0.1, 0.15) is 51.4 Å². The third-order valence-electron chi connectivity index (χ3n) is 6.66. The van der Waals surface area contributed by atoms with Gasteiger partial charge in [0, 0.05) is 40.4 Å². The number of hydrogen-bond acceptors (Lipinski definition) is 5. The van der Waals surface area contributed by atoms with E-state index in [0.29, 0.717) is 17.3 Å². The number of esters is 1. The number of carbonyl (C=O) groups excluding carboxylic acids is 2. The minimum absolute atomic E-state index is 0.114. The summed E-state index contributed by atoms with van der Waals surface area (Å²) in [6.07, 6.45) is 3.83. The van der Waals surface area contributed by atoms with Crippen molar-refractivity contribution in [2.45, 2.75) is 38.9 Å². The number of nitrogens with one attached hydrogen (secondary N) is 1. The fourth-order valence-electron chi connectivity index (χ4n) is 4.97. The third kappa shape index (κ3) is 3.89. The first kappa shape index (κ1) is 23.0. The average molecular weight is 499 g/mol. The molecule has 0 radical (unpaired) electrons. The van der Waals surface area contributed by atoms with E-state index < -0.39 is 5.97 Å². The Kier molecular flexibility index (Phi) is 6.14. The van der Waals surface area contributed by atoms with Gasteiger partial charge in [0.15, 0.2) is 0 Å². The summed E-state index contributed by atoms with van der Waals surface area (Å²) in [4.78, 5) is 31.6. The molecule has 2 aromatic heterocycles. The van der Waals surface area contributed by atoms with Gasteiger partial charge in [0.2, 0.25) is 0 Å². The van der Waals surface area contributed by atoms with Crippen molar-refractivity contribution in [1.82, 2.24) is 14.4 Å². The Labute approximate surface area is 207 Å². The van der Waals surface area contributed by atoms with Crippen LogP contribution in [0.3, 0.4) is 0 Å². The normalized spacial score (nSPS) is 17.4. The first-order valence-corrected chi connectivity index (χ1v) is 12.6. The lowest BCUT2D eigenvalue weighted by Gasteiger charge is -2.31. The molecule has 4 heterocycles. The van der Waals surface area contributed by atoms with Gasteiger partial charge in [-0.05, 0) is 55.8 Å². The highest BCUT2D eigenvalue weighted by Gasteiger charge is 2.35. The second-order valence-electron chi connectivity index (χ2n) is 8.74. The second-order valence-corrected chi connectivity index (χ2v) is 10.3. The third-order valence-corrected chi connectivity index (χ3v) is 8.15. The first-order valence-electron chi connectivity index (χ1n) is 11.4. The highest BCUT2D eigenvalue weighted by molar-refractivity contribution is 7.15. The molecule has 0 saturated carbocycles. The van der Waals surface area contributed by atoms with Crippen molar-refractivity contribution in [3.05, 3.63) is 68.8 Å². The minimum Gasteiger partial charge on any atom is -0.465 e. The van der Waals surface area contributed by atoms with Crippen molar-refractivity contribution in [2.75, 3.05) is 26.0 Å². The molecule has 0 spiro atoms. The van der Waals surface area contributed by atoms with Crippen LogP contribution in [-0.4, -0.2) is 47.1 Å². The lowest BCUT2D eigenvalue weighted by atomic mass is 10.0. The zero-order valence-corrected chi connectivity index (χ0v) is 21.0. The van der Waals surface area contributed by atoms with E-state index in [0.717, 1.165) is 31.6 Å². The molecular weight excluding hydrogens is 472 g/mol. The van der Waals surface area contributed by atoms with E-state index >= 15 is 0 Å². The summed E-state index contributed by atoms with van der Waals surface area (Å²) in [5.41, 5.74) is 4.28. The smallest absolute Gasteiger partial charge is 0.339 e. The fraction of sp³-hybridized carbons (Fsp3) is 0.360. The molecule has 178 valence electrons. The molecule has 2 amide bonds. The number of thiophene rings is 1. The van der Waals surface area contributed by atoms with Gasteiger partial charge in [-0.2, -0.15) is 0 Å². The average Bonchev–Trinajstić information content (AvgIpc) is 3.40. The zero-order chi connectivity index (χ0) is 24.0. The number of ether oxygens (including phenoxy) is 1. The van der Waals surface area contributed by atoms with Gasteiger partial charge in [0.1, 0.15) is 5.00 Å². The Morgan fingerprint density at radius 2 is 2.06 bits per heavy atom. The number of likely N-dealkylation sites (N-methyl/N-ethyl adjacent to an activating group) is 1. The molecular formula is C25H27ClN4O3S. The van der Waals surface area contributed by atoms with Crippen molar-refractivity contribution < 1.29 is 14.3 Å². The molecule has 0 fully saturated rings. The molecule has 1 aromatic carbocycles. The SMILES string of the molecule is CC[C@H]1c2cccn2-c2sc3c(c2CN1C(=O)Nc1cc(Cl)ccc1C(=O)OC)CCN(C)C3. The van der Waals surface area contributed by atoms with Gasteiger partial charge in [-0.1, -0.05) is 18.5 Å². The van der Waals surface area contributed by atoms with Crippen LogP contribution < -0.4 is 5.32 Å². The zero-order valence-electron chi connectivity index (χ0n) is 19.4. The lowest BCUT2D eigenvalue weighted by molar-refractivity contribution is 0.0602. The summed E-state index contributed by atoms with van der Waals surface area (Å²) in [5.74, 6) is -0.526. The van der Waals surface area contributed by atoms with Gasteiger partial charge in [0.05, 0.1) is 30.9 Å². The maximum Gasteiger partial charge on any atom is 0.339 e. The van der Waals surface area contributed by atoms with E-state index in [2.05, 4.69) is 41.0 Å². The van der Waals surface area contributed by atoms with E-state index in [-0.39, 0.29) is 17.6 Å². The fourth-order valence-corrected chi connectivity index (χ4v) is 6.58. The first-order chi connectivity index (χ1) is 16.4. The quantitative estimate of drug-likeness (QED) is 0.486. The summed E-state index contributed by atoms with van der Waals surface area (Å²) in [7, 11) is 3.46. The Morgan fingerprint density at radius 1 is 1.24 bits per heavy atom.